The molecule has 0 heterocycles. The molecule has 0 bridgehead atoms. The standard InChI is InChI=1S/C17H20BrNO2/c1-4-19-17(15-7-5-6-8-16(15)18)12-9-13(20-2)11-14(10-12)21-3/h5-11,17,19H,4H2,1-3H3. The van der Waals surface area contributed by atoms with Gasteiger partial charge < -0.3 is 14.8 Å². The predicted molar refractivity (Wildman–Crippen MR) is 89.2 cm³/mol. The van der Waals surface area contributed by atoms with Crippen LogP contribution in [0.4, 0.5) is 0 Å². The highest BCUT2D eigenvalue weighted by Crippen LogP contribution is 2.33. The Labute approximate surface area is 134 Å². The average molecular weight is 350 g/mol. The Kier molecular flexibility index (Phi) is 5.65. The van der Waals surface area contributed by atoms with Crippen LogP contribution in [0.25, 0.3) is 0 Å². The van der Waals surface area contributed by atoms with Crippen molar-refractivity contribution in [1.82, 2.24) is 5.32 Å². The van der Waals surface area contributed by atoms with Gasteiger partial charge in [-0.3, -0.25) is 0 Å². The fraction of sp³-hybridized carbons (Fsp3) is 0.294. The maximum Gasteiger partial charge on any atom is 0.122 e. The Bertz CT molecular complexity index is 579. The van der Waals surface area contributed by atoms with E-state index in [1.54, 1.807) is 14.2 Å². The van der Waals surface area contributed by atoms with Gasteiger partial charge in [0, 0.05) is 10.5 Å². The third kappa shape index (κ3) is 3.77. The highest BCUT2D eigenvalue weighted by atomic mass is 79.9. The molecule has 2 aromatic rings. The monoisotopic (exact) mass is 349 g/mol. The molecule has 4 heteroatoms. The Morgan fingerprint density at radius 3 is 2.19 bits per heavy atom. The summed E-state index contributed by atoms with van der Waals surface area (Å²) in [4.78, 5) is 0. The summed E-state index contributed by atoms with van der Waals surface area (Å²) in [6.07, 6.45) is 0. The molecule has 0 fully saturated rings. The van der Waals surface area contributed by atoms with E-state index in [9.17, 15) is 0 Å². The third-order valence-corrected chi connectivity index (χ3v) is 4.05. The molecule has 21 heavy (non-hydrogen) atoms. The molecule has 2 rings (SSSR count). The van der Waals surface area contributed by atoms with Gasteiger partial charge in [-0.05, 0) is 35.9 Å². The van der Waals surface area contributed by atoms with E-state index in [-0.39, 0.29) is 6.04 Å². The van der Waals surface area contributed by atoms with Crippen LogP contribution in [0.2, 0.25) is 0 Å². The second-order valence-corrected chi connectivity index (χ2v) is 5.51. The lowest BCUT2D eigenvalue weighted by Gasteiger charge is -2.21. The molecule has 0 aliphatic heterocycles. The Morgan fingerprint density at radius 1 is 1.05 bits per heavy atom. The number of methoxy groups -OCH3 is 2. The molecule has 0 aromatic heterocycles. The topological polar surface area (TPSA) is 30.5 Å². The van der Waals surface area contributed by atoms with Crippen LogP contribution in [0.5, 0.6) is 11.5 Å². The van der Waals surface area contributed by atoms with Crippen LogP contribution in [0.1, 0.15) is 24.1 Å². The number of benzene rings is 2. The number of nitrogens with one attached hydrogen (secondary N) is 1. The normalized spacial score (nSPS) is 12.0. The lowest BCUT2D eigenvalue weighted by Crippen LogP contribution is -2.22. The van der Waals surface area contributed by atoms with Crippen molar-refractivity contribution in [2.75, 3.05) is 20.8 Å². The summed E-state index contributed by atoms with van der Waals surface area (Å²) in [6.45, 7) is 2.97. The summed E-state index contributed by atoms with van der Waals surface area (Å²) in [5, 5.41) is 3.52. The number of rotatable bonds is 6. The van der Waals surface area contributed by atoms with Crippen molar-refractivity contribution in [3.05, 3.63) is 58.1 Å². The first-order chi connectivity index (χ1) is 10.2. The first kappa shape index (κ1) is 15.9. The second kappa shape index (κ2) is 7.48. The largest absolute Gasteiger partial charge is 0.497 e. The van der Waals surface area contributed by atoms with Crippen LogP contribution in [0.15, 0.2) is 46.9 Å². The van der Waals surface area contributed by atoms with Crippen molar-refractivity contribution in [3.63, 3.8) is 0 Å². The highest BCUT2D eigenvalue weighted by molar-refractivity contribution is 9.10. The molecule has 0 saturated heterocycles. The molecule has 1 atom stereocenters. The predicted octanol–water partition coefficient (Wildman–Crippen LogP) is 4.17. The molecule has 1 N–H and O–H groups in total. The summed E-state index contributed by atoms with van der Waals surface area (Å²) >= 11 is 3.63. The van der Waals surface area contributed by atoms with Gasteiger partial charge in [-0.25, -0.2) is 0 Å². The van der Waals surface area contributed by atoms with E-state index in [0.29, 0.717) is 0 Å². The molecule has 0 amide bonds. The Hall–Kier alpha value is -1.52. The van der Waals surface area contributed by atoms with Crippen molar-refractivity contribution in [3.8, 4) is 11.5 Å². The SMILES string of the molecule is CCNC(c1cc(OC)cc(OC)c1)c1ccccc1Br. The van der Waals surface area contributed by atoms with Crippen LogP contribution >= 0.6 is 15.9 Å². The Morgan fingerprint density at radius 2 is 1.67 bits per heavy atom. The quantitative estimate of drug-likeness (QED) is 0.848. The summed E-state index contributed by atoms with van der Waals surface area (Å²) in [5.41, 5.74) is 2.30. The maximum atomic E-state index is 5.37. The van der Waals surface area contributed by atoms with Crippen molar-refractivity contribution >= 4 is 15.9 Å². The van der Waals surface area contributed by atoms with E-state index in [2.05, 4.69) is 40.3 Å². The van der Waals surface area contributed by atoms with Crippen LogP contribution in [-0.2, 0) is 0 Å². The molecule has 2 aromatic carbocycles. The molecule has 112 valence electrons. The first-order valence-corrected chi connectivity index (χ1v) is 7.69. The van der Waals surface area contributed by atoms with Crippen molar-refractivity contribution in [1.29, 1.82) is 0 Å². The Balaban J connectivity index is 2.50. The van der Waals surface area contributed by atoms with Gasteiger partial charge in [0.05, 0.1) is 20.3 Å². The van der Waals surface area contributed by atoms with Gasteiger partial charge in [-0.1, -0.05) is 41.1 Å². The summed E-state index contributed by atoms with van der Waals surface area (Å²) in [5.74, 6) is 1.58. The maximum absolute atomic E-state index is 5.37. The average Bonchev–Trinajstić information content (AvgIpc) is 2.53. The van der Waals surface area contributed by atoms with Gasteiger partial charge in [-0.2, -0.15) is 0 Å². The zero-order valence-electron chi connectivity index (χ0n) is 12.5. The molecule has 0 spiro atoms. The molecule has 1 unspecified atom stereocenters. The molecular formula is C17H20BrNO2. The van der Waals surface area contributed by atoms with E-state index >= 15 is 0 Å². The summed E-state index contributed by atoms with van der Waals surface area (Å²) in [7, 11) is 3.33. The van der Waals surface area contributed by atoms with Crippen molar-refractivity contribution in [2.24, 2.45) is 0 Å². The van der Waals surface area contributed by atoms with Gasteiger partial charge in [0.15, 0.2) is 0 Å². The van der Waals surface area contributed by atoms with Gasteiger partial charge in [0.2, 0.25) is 0 Å². The lowest BCUT2D eigenvalue weighted by atomic mass is 9.98. The van der Waals surface area contributed by atoms with Crippen LogP contribution in [-0.4, -0.2) is 20.8 Å². The van der Waals surface area contributed by atoms with E-state index < -0.39 is 0 Å². The van der Waals surface area contributed by atoms with Gasteiger partial charge in [0.1, 0.15) is 11.5 Å². The van der Waals surface area contributed by atoms with Crippen LogP contribution in [0, 0.1) is 0 Å². The third-order valence-electron chi connectivity index (χ3n) is 3.33. The minimum absolute atomic E-state index is 0.0783. The number of halogens is 1. The summed E-state index contributed by atoms with van der Waals surface area (Å²) in [6, 6.07) is 14.3. The van der Waals surface area contributed by atoms with Crippen molar-refractivity contribution in [2.45, 2.75) is 13.0 Å². The van der Waals surface area contributed by atoms with Gasteiger partial charge >= 0.3 is 0 Å². The molecule has 0 saturated carbocycles. The highest BCUT2D eigenvalue weighted by Gasteiger charge is 2.17. The minimum Gasteiger partial charge on any atom is -0.497 e. The lowest BCUT2D eigenvalue weighted by molar-refractivity contribution is 0.392. The van der Waals surface area contributed by atoms with Crippen LogP contribution < -0.4 is 14.8 Å². The number of hydrogen-bond donors (Lipinski definition) is 1. The second-order valence-electron chi connectivity index (χ2n) is 4.66. The van der Waals surface area contributed by atoms with Gasteiger partial charge in [-0.15, -0.1) is 0 Å². The van der Waals surface area contributed by atoms with E-state index in [1.807, 2.05) is 30.3 Å². The zero-order chi connectivity index (χ0) is 15.2. The van der Waals surface area contributed by atoms with Gasteiger partial charge in [0.25, 0.3) is 0 Å². The molecule has 0 radical (unpaired) electrons. The minimum atomic E-state index is 0.0783. The van der Waals surface area contributed by atoms with E-state index in [1.165, 1.54) is 5.56 Å². The molecular weight excluding hydrogens is 330 g/mol. The molecule has 0 aliphatic rings. The van der Waals surface area contributed by atoms with E-state index in [4.69, 9.17) is 9.47 Å². The fourth-order valence-electron chi connectivity index (χ4n) is 2.32. The molecule has 0 aliphatic carbocycles. The van der Waals surface area contributed by atoms with Crippen LogP contribution in [0.3, 0.4) is 0 Å². The number of ether oxygens (including phenoxy) is 2. The zero-order valence-corrected chi connectivity index (χ0v) is 14.1. The molecule has 3 nitrogen and oxygen atoms in total. The number of hydrogen-bond acceptors (Lipinski definition) is 3. The van der Waals surface area contributed by atoms with Crippen molar-refractivity contribution < 1.29 is 9.47 Å². The fourth-order valence-corrected chi connectivity index (χ4v) is 2.83. The smallest absolute Gasteiger partial charge is 0.122 e. The van der Waals surface area contributed by atoms with E-state index in [0.717, 1.165) is 28.1 Å². The first-order valence-electron chi connectivity index (χ1n) is 6.90. The summed E-state index contributed by atoms with van der Waals surface area (Å²) < 4.78 is 11.8.